The van der Waals surface area contributed by atoms with Gasteiger partial charge in [0.2, 0.25) is 0 Å². The smallest absolute Gasteiger partial charge is 0.150 e. The maximum Gasteiger partial charge on any atom is 0.150 e. The Labute approximate surface area is 62.5 Å². The molecule has 0 bridgehead atoms. The summed E-state index contributed by atoms with van der Waals surface area (Å²) < 4.78 is 14.4. The molecule has 3 nitrogen and oxygen atoms in total. The van der Waals surface area contributed by atoms with E-state index in [9.17, 15) is 4.39 Å². The van der Waals surface area contributed by atoms with Crippen LogP contribution in [-0.2, 0) is 0 Å². The molecule has 4 heteroatoms. The van der Waals surface area contributed by atoms with Gasteiger partial charge in [-0.3, -0.25) is 0 Å². The molecular weight excluding hydrogens is 145 g/mol. The molecule has 2 aromatic heterocycles. The molecule has 0 aliphatic carbocycles. The van der Waals surface area contributed by atoms with Crippen molar-refractivity contribution in [1.82, 2.24) is 14.8 Å². The van der Waals surface area contributed by atoms with Crippen molar-refractivity contribution in [3.05, 3.63) is 29.8 Å². The van der Waals surface area contributed by atoms with Gasteiger partial charge >= 0.3 is 0 Å². The second-order valence-electron chi connectivity index (χ2n) is 2.32. The molecule has 0 aromatic carbocycles. The zero-order valence-corrected chi connectivity index (χ0v) is 5.95. The van der Waals surface area contributed by atoms with Gasteiger partial charge in [0.1, 0.15) is 5.52 Å². The molecule has 0 amide bonds. The highest BCUT2D eigenvalue weighted by Gasteiger charge is 2.04. The molecule has 0 fully saturated rings. The minimum Gasteiger partial charge on any atom is -0.217 e. The molecule has 56 valence electrons. The van der Waals surface area contributed by atoms with E-state index in [0.717, 1.165) is 0 Å². The van der Waals surface area contributed by atoms with Gasteiger partial charge in [-0.2, -0.15) is 0 Å². The molecule has 2 aromatic rings. The zero-order chi connectivity index (χ0) is 7.84. The summed E-state index contributed by atoms with van der Waals surface area (Å²) in [5, 5.41) is 7.44. The van der Waals surface area contributed by atoms with Crippen LogP contribution >= 0.6 is 0 Å². The van der Waals surface area contributed by atoms with Crippen molar-refractivity contribution in [3.63, 3.8) is 0 Å². The number of aromatic nitrogens is 3. The average Bonchev–Trinajstić information content (AvgIpc) is 2.34. The van der Waals surface area contributed by atoms with Crippen LogP contribution in [0.1, 0.15) is 5.69 Å². The first-order chi connectivity index (χ1) is 5.29. The van der Waals surface area contributed by atoms with Crippen molar-refractivity contribution in [3.8, 4) is 0 Å². The molecule has 11 heavy (non-hydrogen) atoms. The van der Waals surface area contributed by atoms with Crippen LogP contribution in [0.4, 0.5) is 4.39 Å². The molecule has 0 radical (unpaired) electrons. The van der Waals surface area contributed by atoms with E-state index in [2.05, 4.69) is 10.3 Å². The fraction of sp³-hybridized carbons (Fsp3) is 0.143. The van der Waals surface area contributed by atoms with Crippen LogP contribution in [0.2, 0.25) is 0 Å². The molecule has 0 spiro atoms. The fourth-order valence-electron chi connectivity index (χ4n) is 1.05. The third kappa shape index (κ3) is 0.790. The van der Waals surface area contributed by atoms with E-state index in [1.54, 1.807) is 19.2 Å². The van der Waals surface area contributed by atoms with Crippen LogP contribution in [-0.4, -0.2) is 14.8 Å². The normalized spacial score (nSPS) is 10.7. The molecule has 0 aliphatic rings. The van der Waals surface area contributed by atoms with Crippen LogP contribution in [0.25, 0.3) is 5.52 Å². The van der Waals surface area contributed by atoms with Crippen molar-refractivity contribution < 1.29 is 4.39 Å². The van der Waals surface area contributed by atoms with Crippen molar-refractivity contribution in [2.45, 2.75) is 6.92 Å². The highest BCUT2D eigenvalue weighted by atomic mass is 19.1. The van der Waals surface area contributed by atoms with Crippen molar-refractivity contribution in [2.24, 2.45) is 0 Å². The van der Waals surface area contributed by atoms with Gasteiger partial charge in [0.15, 0.2) is 5.82 Å². The number of hydrogen-bond acceptors (Lipinski definition) is 2. The third-order valence-electron chi connectivity index (χ3n) is 1.56. The summed E-state index contributed by atoms with van der Waals surface area (Å²) in [6.07, 6.45) is 1.67. The monoisotopic (exact) mass is 151 g/mol. The summed E-state index contributed by atoms with van der Waals surface area (Å²) in [6, 6.07) is 2.99. The topological polar surface area (TPSA) is 30.2 Å². The lowest BCUT2D eigenvalue weighted by atomic mass is 10.3. The number of pyridine rings is 1. The SMILES string of the molecule is Cc1nnn2cccc(F)c12. The lowest BCUT2D eigenvalue weighted by Crippen LogP contribution is -1.88. The van der Waals surface area contributed by atoms with Gasteiger partial charge in [-0.05, 0) is 19.1 Å². The summed E-state index contributed by atoms with van der Waals surface area (Å²) in [6.45, 7) is 1.73. The Kier molecular flexibility index (Phi) is 1.15. The molecule has 0 unspecified atom stereocenters. The quantitative estimate of drug-likeness (QED) is 0.565. The van der Waals surface area contributed by atoms with Crippen molar-refractivity contribution in [1.29, 1.82) is 0 Å². The Balaban J connectivity index is 2.96. The van der Waals surface area contributed by atoms with E-state index in [4.69, 9.17) is 0 Å². The first-order valence-corrected chi connectivity index (χ1v) is 3.25. The fourth-order valence-corrected chi connectivity index (χ4v) is 1.05. The Bertz CT molecular complexity index is 393. The standard InChI is InChI=1S/C7H6FN3/c1-5-7-6(8)3-2-4-11(7)10-9-5/h2-4H,1H3. The van der Waals surface area contributed by atoms with E-state index in [0.29, 0.717) is 11.2 Å². The zero-order valence-electron chi connectivity index (χ0n) is 5.95. The predicted molar refractivity (Wildman–Crippen MR) is 37.7 cm³/mol. The molecule has 0 saturated heterocycles. The first kappa shape index (κ1) is 6.27. The molecule has 0 atom stereocenters. The van der Waals surface area contributed by atoms with Gasteiger partial charge in [0.25, 0.3) is 0 Å². The predicted octanol–water partition coefficient (Wildman–Crippen LogP) is 1.18. The van der Waals surface area contributed by atoms with Gasteiger partial charge in [0.05, 0.1) is 5.69 Å². The Morgan fingerprint density at radius 2 is 2.36 bits per heavy atom. The van der Waals surface area contributed by atoms with Gasteiger partial charge < -0.3 is 0 Å². The minimum atomic E-state index is -0.282. The number of aryl methyl sites for hydroxylation is 1. The van der Waals surface area contributed by atoms with Gasteiger partial charge in [-0.25, -0.2) is 8.91 Å². The maximum absolute atomic E-state index is 13.0. The second-order valence-corrected chi connectivity index (χ2v) is 2.32. The lowest BCUT2D eigenvalue weighted by molar-refractivity contribution is 0.629. The maximum atomic E-state index is 13.0. The number of fused-ring (bicyclic) bond motifs is 1. The van der Waals surface area contributed by atoms with E-state index in [1.807, 2.05) is 0 Å². The number of hydrogen-bond donors (Lipinski definition) is 0. The van der Waals surface area contributed by atoms with Crippen LogP contribution in [0.15, 0.2) is 18.3 Å². The molecule has 0 N–H and O–H groups in total. The number of halogens is 1. The Hall–Kier alpha value is -1.45. The summed E-state index contributed by atoms with van der Waals surface area (Å²) in [5.41, 5.74) is 1.07. The highest BCUT2D eigenvalue weighted by Crippen LogP contribution is 2.09. The largest absolute Gasteiger partial charge is 0.217 e. The summed E-state index contributed by atoms with van der Waals surface area (Å²) in [7, 11) is 0. The van der Waals surface area contributed by atoms with E-state index < -0.39 is 0 Å². The van der Waals surface area contributed by atoms with Gasteiger partial charge in [-0.15, -0.1) is 5.10 Å². The first-order valence-electron chi connectivity index (χ1n) is 3.25. The van der Waals surface area contributed by atoms with E-state index in [1.165, 1.54) is 10.6 Å². The van der Waals surface area contributed by atoms with Crippen molar-refractivity contribution in [2.75, 3.05) is 0 Å². The molecule has 2 heterocycles. The minimum absolute atomic E-state index is 0.282. The number of nitrogens with zero attached hydrogens (tertiary/aromatic N) is 3. The third-order valence-corrected chi connectivity index (χ3v) is 1.56. The number of rotatable bonds is 0. The van der Waals surface area contributed by atoms with Crippen LogP contribution in [0, 0.1) is 12.7 Å². The van der Waals surface area contributed by atoms with E-state index in [-0.39, 0.29) is 5.82 Å². The van der Waals surface area contributed by atoms with Crippen LogP contribution in [0.5, 0.6) is 0 Å². The average molecular weight is 151 g/mol. The van der Waals surface area contributed by atoms with Crippen LogP contribution < -0.4 is 0 Å². The van der Waals surface area contributed by atoms with Gasteiger partial charge in [-0.1, -0.05) is 5.21 Å². The summed E-state index contributed by atoms with van der Waals surface area (Å²) in [5.74, 6) is -0.282. The van der Waals surface area contributed by atoms with Crippen LogP contribution in [0.3, 0.4) is 0 Å². The summed E-state index contributed by atoms with van der Waals surface area (Å²) in [4.78, 5) is 0. The molecular formula is C7H6FN3. The molecule has 2 rings (SSSR count). The lowest BCUT2D eigenvalue weighted by Gasteiger charge is -1.91. The second kappa shape index (κ2) is 2.02. The Morgan fingerprint density at radius 1 is 1.55 bits per heavy atom. The van der Waals surface area contributed by atoms with E-state index >= 15 is 0 Å². The van der Waals surface area contributed by atoms with Crippen molar-refractivity contribution >= 4 is 5.52 Å². The Morgan fingerprint density at radius 3 is 3.09 bits per heavy atom. The van der Waals surface area contributed by atoms with Gasteiger partial charge in [0, 0.05) is 6.20 Å². The highest BCUT2D eigenvalue weighted by molar-refractivity contribution is 5.50. The molecule has 0 saturated carbocycles. The summed E-state index contributed by atoms with van der Waals surface area (Å²) >= 11 is 0. The molecule has 0 aliphatic heterocycles.